The smallest absolute Gasteiger partial charge is 0.341 e. The molecule has 0 aliphatic heterocycles. The number of esters is 1. The van der Waals surface area contributed by atoms with Crippen molar-refractivity contribution in [2.75, 3.05) is 20.3 Å². The van der Waals surface area contributed by atoms with E-state index in [1.54, 1.807) is 17.8 Å². The molecule has 0 saturated heterocycles. The number of carbonyl (C=O) groups excluding carboxylic acids is 2. The lowest BCUT2D eigenvalue weighted by Crippen LogP contribution is -2.54. The molecule has 1 aromatic heterocycles. The summed E-state index contributed by atoms with van der Waals surface area (Å²) in [6.07, 6.45) is 14.5. The van der Waals surface area contributed by atoms with Crippen LogP contribution in [0.4, 0.5) is 0 Å². The molecule has 8 unspecified atom stereocenters. The van der Waals surface area contributed by atoms with E-state index in [0.717, 1.165) is 36.7 Å². The lowest BCUT2D eigenvalue weighted by atomic mass is 9.44. The van der Waals surface area contributed by atoms with Crippen molar-refractivity contribution in [2.45, 2.75) is 99.0 Å². The van der Waals surface area contributed by atoms with Crippen molar-refractivity contribution in [3.05, 3.63) is 18.0 Å². The predicted octanol–water partition coefficient (Wildman–Crippen LogP) is 6.58. The van der Waals surface area contributed by atoms with Gasteiger partial charge in [-0.15, -0.1) is 0 Å². The van der Waals surface area contributed by atoms with E-state index in [0.29, 0.717) is 23.5 Å². The monoisotopic (exact) mass is 514 g/mol. The summed E-state index contributed by atoms with van der Waals surface area (Å²) in [5.41, 5.74) is 0.988. The molecule has 0 aromatic carbocycles. The van der Waals surface area contributed by atoms with Gasteiger partial charge in [0.05, 0.1) is 24.9 Å². The standard InChI is InChI=1S/C29H44N2O4.C2H6/c1-5-35-27(33)20-15-30-31(16-20)17-26(32)25-9-8-23-22-7-6-21-14-19(18-34-4)10-12-28(21,2)24(22)11-13-29(23,25)3;1-2/h15-16,19,21-25H,5-14,17-18H2,1-4H3;1-2H3. The summed E-state index contributed by atoms with van der Waals surface area (Å²) >= 11 is 0. The number of methoxy groups -OCH3 is 1. The molecule has 0 N–H and O–H groups in total. The molecule has 8 atom stereocenters. The van der Waals surface area contributed by atoms with Gasteiger partial charge in [-0.25, -0.2) is 4.79 Å². The number of Topliss-reactive ketones (excluding diaryl/α,β-unsaturated/α-hetero) is 1. The zero-order chi connectivity index (χ0) is 26.8. The molecule has 0 spiro atoms. The van der Waals surface area contributed by atoms with Crippen LogP contribution in [0.5, 0.6) is 0 Å². The molecule has 5 rings (SSSR count). The lowest BCUT2D eigenvalue weighted by molar-refractivity contribution is -0.138. The van der Waals surface area contributed by atoms with Crippen molar-refractivity contribution >= 4 is 11.8 Å². The van der Waals surface area contributed by atoms with Crippen molar-refractivity contribution in [2.24, 2.45) is 46.3 Å². The van der Waals surface area contributed by atoms with Gasteiger partial charge in [-0.1, -0.05) is 27.7 Å². The Morgan fingerprint density at radius 2 is 1.76 bits per heavy atom. The van der Waals surface area contributed by atoms with Crippen molar-refractivity contribution < 1.29 is 19.1 Å². The minimum atomic E-state index is -0.377. The number of carbonyl (C=O) groups is 2. The van der Waals surface area contributed by atoms with Gasteiger partial charge in [-0.05, 0) is 105 Å². The maximum Gasteiger partial charge on any atom is 0.341 e. The van der Waals surface area contributed by atoms with Gasteiger partial charge < -0.3 is 9.47 Å². The Morgan fingerprint density at radius 3 is 2.49 bits per heavy atom. The molecule has 37 heavy (non-hydrogen) atoms. The summed E-state index contributed by atoms with van der Waals surface area (Å²) in [5, 5.41) is 4.28. The molecule has 0 amide bonds. The van der Waals surface area contributed by atoms with Gasteiger partial charge in [-0.3, -0.25) is 9.48 Å². The number of rotatable bonds is 7. The van der Waals surface area contributed by atoms with Crippen molar-refractivity contribution in [3.63, 3.8) is 0 Å². The fourth-order valence-corrected chi connectivity index (χ4v) is 9.30. The molecule has 0 radical (unpaired) electrons. The van der Waals surface area contributed by atoms with E-state index in [4.69, 9.17) is 9.47 Å². The zero-order valence-electron chi connectivity index (χ0n) is 24.1. The fraction of sp³-hybridized carbons (Fsp3) is 0.839. The molecule has 4 fully saturated rings. The highest BCUT2D eigenvalue weighted by molar-refractivity contribution is 5.89. The van der Waals surface area contributed by atoms with E-state index in [-0.39, 0.29) is 29.6 Å². The highest BCUT2D eigenvalue weighted by atomic mass is 16.5. The number of nitrogens with zero attached hydrogens (tertiary/aromatic N) is 2. The first-order chi connectivity index (χ1) is 17.8. The zero-order valence-corrected chi connectivity index (χ0v) is 24.1. The number of fused-ring (bicyclic) bond motifs is 5. The van der Waals surface area contributed by atoms with E-state index in [2.05, 4.69) is 18.9 Å². The molecule has 6 nitrogen and oxygen atoms in total. The third-order valence-corrected chi connectivity index (χ3v) is 11.0. The van der Waals surface area contributed by atoms with Gasteiger partial charge in [0.15, 0.2) is 5.78 Å². The number of ketones is 1. The molecule has 1 heterocycles. The lowest BCUT2D eigenvalue weighted by Gasteiger charge is -2.61. The second-order valence-corrected chi connectivity index (χ2v) is 12.5. The Hall–Kier alpha value is -1.69. The Morgan fingerprint density at radius 1 is 1.03 bits per heavy atom. The minimum absolute atomic E-state index is 0.103. The summed E-state index contributed by atoms with van der Waals surface area (Å²) in [6, 6.07) is 0. The number of ether oxygens (including phenoxy) is 2. The van der Waals surface area contributed by atoms with Crippen LogP contribution in [0.1, 0.15) is 103 Å². The Balaban J connectivity index is 0.00000156. The Kier molecular flexibility index (Phi) is 8.87. The summed E-state index contributed by atoms with van der Waals surface area (Å²) in [7, 11) is 1.84. The maximum atomic E-state index is 13.5. The van der Waals surface area contributed by atoms with Crippen LogP contribution in [0.2, 0.25) is 0 Å². The first-order valence-corrected chi connectivity index (χ1v) is 15.0. The van der Waals surface area contributed by atoms with Crippen LogP contribution in [0.25, 0.3) is 0 Å². The van der Waals surface area contributed by atoms with E-state index in [9.17, 15) is 9.59 Å². The van der Waals surface area contributed by atoms with Gasteiger partial charge in [0, 0.05) is 25.8 Å². The quantitative estimate of drug-likeness (QED) is 0.385. The van der Waals surface area contributed by atoms with Crippen molar-refractivity contribution in [1.29, 1.82) is 0 Å². The Bertz CT molecular complexity index is 943. The molecule has 0 bridgehead atoms. The highest BCUT2D eigenvalue weighted by Gasteiger charge is 2.61. The molecule has 1 aromatic rings. The van der Waals surface area contributed by atoms with E-state index in [1.807, 2.05) is 21.0 Å². The fourth-order valence-electron chi connectivity index (χ4n) is 9.30. The van der Waals surface area contributed by atoms with E-state index >= 15 is 0 Å². The second kappa shape index (κ2) is 11.6. The van der Waals surface area contributed by atoms with E-state index in [1.165, 1.54) is 57.6 Å². The number of aromatic nitrogens is 2. The largest absolute Gasteiger partial charge is 0.462 e. The average Bonchev–Trinajstić information content (AvgIpc) is 3.50. The highest BCUT2D eigenvalue weighted by Crippen LogP contribution is 2.67. The third-order valence-electron chi connectivity index (χ3n) is 11.0. The summed E-state index contributed by atoms with van der Waals surface area (Å²) < 4.78 is 12.2. The van der Waals surface area contributed by atoms with Gasteiger partial charge in [0.2, 0.25) is 0 Å². The predicted molar refractivity (Wildman–Crippen MR) is 145 cm³/mol. The van der Waals surface area contributed by atoms with Crippen LogP contribution >= 0.6 is 0 Å². The van der Waals surface area contributed by atoms with Crippen LogP contribution in [0.3, 0.4) is 0 Å². The number of hydrogen-bond acceptors (Lipinski definition) is 5. The normalized spacial score (nSPS) is 38.4. The van der Waals surface area contributed by atoms with Crippen molar-refractivity contribution in [3.8, 4) is 0 Å². The van der Waals surface area contributed by atoms with Crippen LogP contribution < -0.4 is 0 Å². The maximum absolute atomic E-state index is 13.5. The first-order valence-electron chi connectivity index (χ1n) is 15.0. The molecule has 208 valence electrons. The average molecular weight is 515 g/mol. The second-order valence-electron chi connectivity index (χ2n) is 12.5. The summed E-state index contributed by atoms with van der Waals surface area (Å²) in [5.74, 6) is 3.84. The van der Waals surface area contributed by atoms with Crippen molar-refractivity contribution in [1.82, 2.24) is 9.78 Å². The molecular formula is C31H50N2O4. The van der Waals surface area contributed by atoms with Crippen LogP contribution in [-0.2, 0) is 20.8 Å². The third kappa shape index (κ3) is 5.16. The molecule has 4 aliphatic carbocycles. The van der Waals surface area contributed by atoms with Crippen LogP contribution in [0.15, 0.2) is 12.4 Å². The SMILES string of the molecule is CC.CCOC(=O)c1cnn(CC(=O)C2CCC3C4CCC5CC(COC)CCC5(C)C4CCC23C)c1. The van der Waals surface area contributed by atoms with E-state index < -0.39 is 0 Å². The molecular weight excluding hydrogens is 464 g/mol. The van der Waals surface area contributed by atoms with Gasteiger partial charge in [0.1, 0.15) is 0 Å². The van der Waals surface area contributed by atoms with Crippen LogP contribution in [-0.4, -0.2) is 41.9 Å². The van der Waals surface area contributed by atoms with Gasteiger partial charge in [0.25, 0.3) is 0 Å². The van der Waals surface area contributed by atoms with Crippen LogP contribution in [0, 0.1) is 46.3 Å². The minimum Gasteiger partial charge on any atom is -0.462 e. The molecule has 4 saturated carbocycles. The number of hydrogen-bond donors (Lipinski definition) is 0. The first kappa shape index (κ1) is 28.3. The summed E-state index contributed by atoms with van der Waals surface area (Å²) in [4.78, 5) is 25.5. The van der Waals surface area contributed by atoms with Gasteiger partial charge in [-0.2, -0.15) is 5.10 Å². The molecule has 4 aliphatic rings. The van der Waals surface area contributed by atoms with Gasteiger partial charge >= 0.3 is 5.97 Å². The molecule has 6 heteroatoms. The Labute approximate surface area is 224 Å². The topological polar surface area (TPSA) is 70.4 Å². The summed E-state index contributed by atoms with van der Waals surface area (Å²) in [6.45, 7) is 12.3.